The first-order valence-corrected chi connectivity index (χ1v) is 9.34. The van der Waals surface area contributed by atoms with Crippen molar-refractivity contribution in [2.75, 3.05) is 23.7 Å². The number of nitrogens with one attached hydrogen (secondary N) is 1. The average Bonchev–Trinajstić information content (AvgIpc) is 2.91. The molecular weight excluding hydrogens is 330 g/mol. The summed E-state index contributed by atoms with van der Waals surface area (Å²) in [5.74, 6) is 0.569. The maximum Gasteiger partial charge on any atom is 0.233 e. The van der Waals surface area contributed by atoms with Crippen molar-refractivity contribution in [1.29, 1.82) is 0 Å². The van der Waals surface area contributed by atoms with E-state index in [1.807, 2.05) is 31.2 Å². The van der Waals surface area contributed by atoms with Gasteiger partial charge in [-0.1, -0.05) is 29.4 Å². The third kappa shape index (κ3) is 4.82. The second-order valence-corrected chi connectivity index (χ2v) is 7.49. The highest BCUT2D eigenvalue weighted by Gasteiger charge is 2.20. The molecule has 2 rings (SSSR count). The van der Waals surface area contributed by atoms with Gasteiger partial charge in [0.25, 0.3) is 0 Å². The van der Waals surface area contributed by atoms with Crippen molar-refractivity contribution in [3.05, 3.63) is 47.2 Å². The maximum atomic E-state index is 12.0. The van der Waals surface area contributed by atoms with E-state index in [2.05, 4.69) is 10.5 Å². The molecule has 0 aliphatic carbocycles. The quantitative estimate of drug-likeness (QED) is 0.814. The molecule has 0 bridgehead atoms. The van der Waals surface area contributed by atoms with Crippen molar-refractivity contribution < 1.29 is 17.7 Å². The molecule has 0 fully saturated rings. The summed E-state index contributed by atoms with van der Waals surface area (Å²) >= 11 is 0. The van der Waals surface area contributed by atoms with Gasteiger partial charge in [-0.15, -0.1) is 0 Å². The molecule has 1 heterocycles. The van der Waals surface area contributed by atoms with E-state index in [-0.39, 0.29) is 31.2 Å². The van der Waals surface area contributed by atoms with Crippen LogP contribution in [0.3, 0.4) is 0 Å². The number of anilines is 1. The molecule has 0 radical (unpaired) electrons. The molecule has 1 aromatic heterocycles. The Hall–Kier alpha value is -2.35. The Kier molecular flexibility index (Phi) is 5.61. The van der Waals surface area contributed by atoms with Crippen LogP contribution in [0.25, 0.3) is 0 Å². The maximum absolute atomic E-state index is 12.0. The zero-order valence-electron chi connectivity index (χ0n) is 13.9. The predicted molar refractivity (Wildman–Crippen MR) is 91.3 cm³/mol. The zero-order chi connectivity index (χ0) is 17.7. The summed E-state index contributed by atoms with van der Waals surface area (Å²) in [4.78, 5) is 12.0. The Morgan fingerprint density at radius 1 is 1.29 bits per heavy atom. The zero-order valence-corrected chi connectivity index (χ0v) is 14.8. The van der Waals surface area contributed by atoms with Crippen LogP contribution in [0, 0.1) is 13.8 Å². The Labute approximate surface area is 141 Å². The fourth-order valence-electron chi connectivity index (χ4n) is 2.26. The summed E-state index contributed by atoms with van der Waals surface area (Å²) in [5.41, 5.74) is 1.99. The highest BCUT2D eigenvalue weighted by Crippen LogP contribution is 2.16. The minimum Gasteiger partial charge on any atom is -0.360 e. The molecule has 0 saturated carbocycles. The second kappa shape index (κ2) is 7.48. The average molecular weight is 351 g/mol. The first-order valence-electron chi connectivity index (χ1n) is 7.49. The lowest BCUT2D eigenvalue weighted by molar-refractivity contribution is -0.120. The van der Waals surface area contributed by atoms with Gasteiger partial charge in [-0.3, -0.25) is 4.79 Å². The molecule has 1 aromatic carbocycles. The van der Waals surface area contributed by atoms with E-state index < -0.39 is 10.0 Å². The van der Waals surface area contributed by atoms with Crippen LogP contribution in [-0.2, 0) is 21.2 Å². The van der Waals surface area contributed by atoms with Crippen molar-refractivity contribution in [3.8, 4) is 0 Å². The van der Waals surface area contributed by atoms with Crippen molar-refractivity contribution in [2.24, 2.45) is 0 Å². The summed E-state index contributed by atoms with van der Waals surface area (Å²) < 4.78 is 29.8. The molecule has 1 amide bonds. The summed E-state index contributed by atoms with van der Waals surface area (Å²) in [6, 6.07) is 9.18. The fraction of sp³-hybridized carbons (Fsp3) is 0.375. The molecule has 7 nitrogen and oxygen atoms in total. The smallest absolute Gasteiger partial charge is 0.233 e. The lowest BCUT2D eigenvalue weighted by Crippen LogP contribution is -2.38. The van der Waals surface area contributed by atoms with Gasteiger partial charge < -0.3 is 9.84 Å². The van der Waals surface area contributed by atoms with Gasteiger partial charge in [0.15, 0.2) is 5.82 Å². The van der Waals surface area contributed by atoms with Crippen LogP contribution in [0.15, 0.2) is 34.9 Å². The number of carbonyl (C=O) groups excluding carboxylic acids is 1. The molecule has 0 aliphatic rings. The topological polar surface area (TPSA) is 92.5 Å². The highest BCUT2D eigenvalue weighted by molar-refractivity contribution is 7.92. The van der Waals surface area contributed by atoms with Gasteiger partial charge >= 0.3 is 0 Å². The molecule has 1 N–H and O–H groups in total. The molecular formula is C16H21N3O4S. The molecule has 0 saturated heterocycles. The highest BCUT2D eigenvalue weighted by atomic mass is 32.2. The third-order valence-electron chi connectivity index (χ3n) is 3.52. The minimum absolute atomic E-state index is 0.0876. The van der Waals surface area contributed by atoms with Crippen LogP contribution >= 0.6 is 0 Å². The van der Waals surface area contributed by atoms with E-state index in [4.69, 9.17) is 4.52 Å². The van der Waals surface area contributed by atoms with Gasteiger partial charge in [0.1, 0.15) is 5.76 Å². The molecule has 24 heavy (non-hydrogen) atoms. The monoisotopic (exact) mass is 351 g/mol. The molecule has 130 valence electrons. The summed E-state index contributed by atoms with van der Waals surface area (Å²) in [6.45, 7) is 3.90. The third-order valence-corrected chi connectivity index (χ3v) is 4.69. The minimum atomic E-state index is -3.51. The second-order valence-electron chi connectivity index (χ2n) is 5.58. The summed E-state index contributed by atoms with van der Waals surface area (Å²) in [6.07, 6.45) is 1.35. The first kappa shape index (κ1) is 18.0. The van der Waals surface area contributed by atoms with E-state index in [1.54, 1.807) is 6.92 Å². The fourth-order valence-corrected chi connectivity index (χ4v) is 3.11. The van der Waals surface area contributed by atoms with Crippen molar-refractivity contribution in [2.45, 2.75) is 20.3 Å². The number of aryl methyl sites for hydroxylation is 2. The van der Waals surface area contributed by atoms with Crippen LogP contribution in [0.4, 0.5) is 5.82 Å². The van der Waals surface area contributed by atoms with Crippen molar-refractivity contribution in [3.63, 3.8) is 0 Å². The largest absolute Gasteiger partial charge is 0.360 e. The molecule has 2 aromatic rings. The number of aromatic nitrogens is 1. The molecule has 0 spiro atoms. The van der Waals surface area contributed by atoms with Crippen LogP contribution in [0.5, 0.6) is 0 Å². The van der Waals surface area contributed by atoms with Gasteiger partial charge in [-0.2, -0.15) is 0 Å². The first-order chi connectivity index (χ1) is 11.3. The number of rotatable bonds is 7. The standard InChI is InChI=1S/C16H21N3O4S/c1-12-6-4-5-7-14(12)11-16(20)17-8-9-19(24(3,21)22)15-10-13(2)23-18-15/h4-7,10H,8-9,11H2,1-3H3,(H,17,20). The number of benzene rings is 1. The Bertz CT molecular complexity index is 814. The molecule has 8 heteroatoms. The van der Waals surface area contributed by atoms with E-state index in [1.165, 1.54) is 6.07 Å². The lowest BCUT2D eigenvalue weighted by Gasteiger charge is -2.19. The van der Waals surface area contributed by atoms with Gasteiger partial charge in [0.05, 0.1) is 19.2 Å². The number of hydrogen-bond donors (Lipinski definition) is 1. The summed E-state index contributed by atoms with van der Waals surface area (Å²) in [7, 11) is -3.51. The number of hydrogen-bond acceptors (Lipinski definition) is 5. The van der Waals surface area contributed by atoms with Gasteiger partial charge in [0, 0.05) is 12.6 Å². The van der Waals surface area contributed by atoms with Crippen LogP contribution in [0.1, 0.15) is 16.9 Å². The van der Waals surface area contributed by atoms with Gasteiger partial charge in [-0.05, 0) is 25.0 Å². The van der Waals surface area contributed by atoms with E-state index in [0.717, 1.165) is 21.7 Å². The van der Waals surface area contributed by atoms with Gasteiger partial charge in [-0.25, -0.2) is 12.7 Å². The number of sulfonamides is 1. The van der Waals surface area contributed by atoms with E-state index in [9.17, 15) is 13.2 Å². The molecule has 0 atom stereocenters. The lowest BCUT2D eigenvalue weighted by atomic mass is 10.1. The Balaban J connectivity index is 1.93. The Morgan fingerprint density at radius 3 is 2.58 bits per heavy atom. The van der Waals surface area contributed by atoms with Crippen LogP contribution < -0.4 is 9.62 Å². The van der Waals surface area contributed by atoms with Crippen LogP contribution in [0.2, 0.25) is 0 Å². The molecule has 0 unspecified atom stereocenters. The number of nitrogens with zero attached hydrogens (tertiary/aromatic N) is 2. The Morgan fingerprint density at radius 2 is 2.00 bits per heavy atom. The normalized spacial score (nSPS) is 11.3. The van der Waals surface area contributed by atoms with Gasteiger partial charge in [0.2, 0.25) is 15.9 Å². The van der Waals surface area contributed by atoms with Crippen molar-refractivity contribution in [1.82, 2.24) is 10.5 Å². The summed E-state index contributed by atoms with van der Waals surface area (Å²) in [5, 5.41) is 6.45. The number of amides is 1. The van der Waals surface area contributed by atoms with Crippen molar-refractivity contribution >= 4 is 21.7 Å². The van der Waals surface area contributed by atoms with Crippen LogP contribution in [-0.4, -0.2) is 38.8 Å². The van der Waals surface area contributed by atoms with E-state index in [0.29, 0.717) is 5.76 Å². The SMILES string of the molecule is Cc1cc(N(CCNC(=O)Cc2ccccc2C)S(C)(=O)=O)no1. The number of carbonyl (C=O) groups is 1. The van der Waals surface area contributed by atoms with E-state index >= 15 is 0 Å². The predicted octanol–water partition coefficient (Wildman–Crippen LogP) is 1.42. The molecule has 0 aliphatic heterocycles.